The Balaban J connectivity index is 1.55. The maximum absolute atomic E-state index is 12.4. The number of ether oxygens (including phenoxy) is 1. The SMILES string of the molecule is COc1ccc(N2CCN(C(=O)Nc3ccc(S(N)(=O)=O)cc3)CC2)cc1. The number of primary sulfonamides is 1. The molecule has 1 aliphatic heterocycles. The highest BCUT2D eigenvalue weighted by molar-refractivity contribution is 7.89. The summed E-state index contributed by atoms with van der Waals surface area (Å²) < 4.78 is 27.7. The highest BCUT2D eigenvalue weighted by atomic mass is 32.2. The maximum Gasteiger partial charge on any atom is 0.321 e. The van der Waals surface area contributed by atoms with Crippen molar-refractivity contribution in [3.8, 4) is 5.75 Å². The lowest BCUT2D eigenvalue weighted by Gasteiger charge is -2.36. The molecule has 1 fully saturated rings. The van der Waals surface area contributed by atoms with E-state index in [1.807, 2.05) is 24.3 Å². The lowest BCUT2D eigenvalue weighted by Crippen LogP contribution is -2.50. The Bertz CT molecular complexity index is 890. The van der Waals surface area contributed by atoms with E-state index in [1.54, 1.807) is 12.0 Å². The second kappa shape index (κ2) is 7.85. The molecule has 0 spiro atoms. The molecule has 27 heavy (non-hydrogen) atoms. The zero-order chi connectivity index (χ0) is 19.4. The van der Waals surface area contributed by atoms with Crippen molar-refractivity contribution in [1.29, 1.82) is 0 Å². The lowest BCUT2D eigenvalue weighted by molar-refractivity contribution is 0.208. The van der Waals surface area contributed by atoms with Crippen LogP contribution in [0.1, 0.15) is 0 Å². The molecule has 3 N–H and O–H groups in total. The second-order valence-electron chi connectivity index (χ2n) is 6.17. The first-order chi connectivity index (χ1) is 12.9. The Hall–Kier alpha value is -2.78. The molecule has 0 bridgehead atoms. The molecule has 0 radical (unpaired) electrons. The molecular formula is C18H22N4O4S. The fourth-order valence-corrected chi connectivity index (χ4v) is 3.41. The third-order valence-corrected chi connectivity index (χ3v) is 5.37. The van der Waals surface area contributed by atoms with Crippen molar-refractivity contribution in [3.63, 3.8) is 0 Å². The Labute approximate surface area is 158 Å². The number of sulfonamides is 1. The molecule has 2 aromatic rings. The predicted octanol–water partition coefficient (Wildman–Crippen LogP) is 1.70. The topological polar surface area (TPSA) is 105 Å². The third kappa shape index (κ3) is 4.69. The van der Waals surface area contributed by atoms with E-state index in [0.29, 0.717) is 18.8 Å². The Morgan fingerprint density at radius 3 is 2.11 bits per heavy atom. The minimum Gasteiger partial charge on any atom is -0.497 e. The molecular weight excluding hydrogens is 368 g/mol. The molecule has 9 heteroatoms. The number of benzene rings is 2. The number of urea groups is 1. The average Bonchev–Trinajstić information content (AvgIpc) is 2.68. The Morgan fingerprint density at radius 2 is 1.59 bits per heavy atom. The van der Waals surface area contributed by atoms with Crippen molar-refractivity contribution >= 4 is 27.4 Å². The van der Waals surface area contributed by atoms with Gasteiger partial charge in [0.1, 0.15) is 5.75 Å². The number of amides is 2. The molecule has 0 aromatic heterocycles. The number of piperazine rings is 1. The highest BCUT2D eigenvalue weighted by Gasteiger charge is 2.21. The maximum atomic E-state index is 12.4. The molecule has 0 saturated carbocycles. The van der Waals surface area contributed by atoms with Gasteiger partial charge in [0.15, 0.2) is 0 Å². The van der Waals surface area contributed by atoms with Crippen LogP contribution in [0.5, 0.6) is 5.75 Å². The first-order valence-electron chi connectivity index (χ1n) is 8.44. The molecule has 3 rings (SSSR count). The molecule has 2 aromatic carbocycles. The molecule has 1 heterocycles. The quantitative estimate of drug-likeness (QED) is 0.827. The van der Waals surface area contributed by atoms with Crippen molar-refractivity contribution in [2.45, 2.75) is 4.90 Å². The number of carbonyl (C=O) groups excluding carboxylic acids is 1. The summed E-state index contributed by atoms with van der Waals surface area (Å²) in [6, 6.07) is 13.4. The van der Waals surface area contributed by atoms with Crippen molar-refractivity contribution in [2.75, 3.05) is 43.5 Å². The number of rotatable bonds is 4. The van der Waals surface area contributed by atoms with Crippen molar-refractivity contribution < 1.29 is 17.9 Å². The van der Waals surface area contributed by atoms with E-state index < -0.39 is 10.0 Å². The van der Waals surface area contributed by atoms with Gasteiger partial charge >= 0.3 is 6.03 Å². The van der Waals surface area contributed by atoms with Crippen molar-refractivity contribution in [1.82, 2.24) is 4.90 Å². The summed E-state index contributed by atoms with van der Waals surface area (Å²) in [5.41, 5.74) is 1.61. The first kappa shape index (κ1) is 19.0. The summed E-state index contributed by atoms with van der Waals surface area (Å²) in [5.74, 6) is 0.810. The van der Waals surface area contributed by atoms with Gasteiger partial charge in [0.25, 0.3) is 0 Å². The van der Waals surface area contributed by atoms with Crippen LogP contribution in [-0.2, 0) is 10.0 Å². The molecule has 1 aliphatic rings. The van der Waals surface area contributed by atoms with Gasteiger partial charge in [-0.2, -0.15) is 0 Å². The molecule has 0 unspecified atom stereocenters. The second-order valence-corrected chi connectivity index (χ2v) is 7.73. The van der Waals surface area contributed by atoms with Gasteiger partial charge in [-0.3, -0.25) is 0 Å². The molecule has 144 valence electrons. The van der Waals surface area contributed by atoms with Gasteiger partial charge in [-0.25, -0.2) is 18.4 Å². The van der Waals surface area contributed by atoms with Gasteiger partial charge in [0.05, 0.1) is 12.0 Å². The fourth-order valence-electron chi connectivity index (χ4n) is 2.89. The minimum atomic E-state index is -3.74. The summed E-state index contributed by atoms with van der Waals surface area (Å²) >= 11 is 0. The summed E-state index contributed by atoms with van der Waals surface area (Å²) in [4.78, 5) is 16.4. The largest absolute Gasteiger partial charge is 0.497 e. The molecule has 0 aliphatic carbocycles. The van der Waals surface area contributed by atoms with Gasteiger partial charge < -0.3 is 19.9 Å². The number of methoxy groups -OCH3 is 1. The number of hydrogen-bond acceptors (Lipinski definition) is 5. The number of anilines is 2. The highest BCUT2D eigenvalue weighted by Crippen LogP contribution is 2.21. The first-order valence-corrected chi connectivity index (χ1v) is 9.99. The molecule has 2 amide bonds. The van der Waals surface area contributed by atoms with Crippen LogP contribution in [0, 0.1) is 0 Å². The molecule has 1 saturated heterocycles. The summed E-state index contributed by atoms with van der Waals surface area (Å²) in [5, 5.41) is 7.84. The number of nitrogens with two attached hydrogens (primary N) is 1. The predicted molar refractivity (Wildman–Crippen MR) is 104 cm³/mol. The van der Waals surface area contributed by atoms with Crippen LogP contribution in [-0.4, -0.2) is 52.6 Å². The molecule has 8 nitrogen and oxygen atoms in total. The summed E-state index contributed by atoms with van der Waals surface area (Å²) in [6.45, 7) is 2.63. The smallest absolute Gasteiger partial charge is 0.321 e. The Morgan fingerprint density at radius 1 is 1.00 bits per heavy atom. The van der Waals surface area contributed by atoms with E-state index in [0.717, 1.165) is 24.5 Å². The van der Waals surface area contributed by atoms with Crippen LogP contribution < -0.4 is 20.1 Å². The number of nitrogens with one attached hydrogen (secondary N) is 1. The van der Waals surface area contributed by atoms with Crippen LogP contribution in [0.2, 0.25) is 0 Å². The van der Waals surface area contributed by atoms with Crippen molar-refractivity contribution in [3.05, 3.63) is 48.5 Å². The fraction of sp³-hybridized carbons (Fsp3) is 0.278. The third-order valence-electron chi connectivity index (χ3n) is 4.44. The van der Waals surface area contributed by atoms with Crippen LogP contribution in [0.25, 0.3) is 0 Å². The average molecular weight is 390 g/mol. The monoisotopic (exact) mass is 390 g/mol. The number of carbonyl (C=O) groups is 1. The van der Waals surface area contributed by atoms with Crippen LogP contribution >= 0.6 is 0 Å². The minimum absolute atomic E-state index is 0.00797. The van der Waals surface area contributed by atoms with E-state index in [1.165, 1.54) is 24.3 Å². The summed E-state index contributed by atoms with van der Waals surface area (Å²) in [7, 11) is -2.11. The van der Waals surface area contributed by atoms with Crippen LogP contribution in [0.3, 0.4) is 0 Å². The number of nitrogens with zero attached hydrogens (tertiary/aromatic N) is 2. The summed E-state index contributed by atoms with van der Waals surface area (Å²) in [6.07, 6.45) is 0. The zero-order valence-electron chi connectivity index (χ0n) is 15.0. The lowest BCUT2D eigenvalue weighted by atomic mass is 10.2. The zero-order valence-corrected chi connectivity index (χ0v) is 15.8. The normalized spacial score (nSPS) is 14.7. The van der Waals surface area contributed by atoms with E-state index in [-0.39, 0.29) is 10.9 Å². The number of hydrogen-bond donors (Lipinski definition) is 2. The van der Waals surface area contributed by atoms with Crippen molar-refractivity contribution in [2.24, 2.45) is 5.14 Å². The standard InChI is InChI=1S/C18H22N4O4S/c1-26-16-6-4-15(5-7-16)21-10-12-22(13-11-21)18(23)20-14-2-8-17(9-3-14)27(19,24)25/h2-9H,10-13H2,1H3,(H,20,23)(H2,19,24,25). The van der Waals surface area contributed by atoms with E-state index in [9.17, 15) is 13.2 Å². The Kier molecular flexibility index (Phi) is 5.52. The van der Waals surface area contributed by atoms with Gasteiger partial charge in [-0.15, -0.1) is 0 Å². The van der Waals surface area contributed by atoms with Crippen LogP contribution in [0.15, 0.2) is 53.4 Å². The van der Waals surface area contributed by atoms with E-state index in [4.69, 9.17) is 9.88 Å². The molecule has 0 atom stereocenters. The van der Waals surface area contributed by atoms with Gasteiger partial charge in [-0.05, 0) is 48.5 Å². The van der Waals surface area contributed by atoms with E-state index in [2.05, 4.69) is 10.2 Å². The van der Waals surface area contributed by atoms with Gasteiger partial charge in [0, 0.05) is 37.6 Å². The van der Waals surface area contributed by atoms with Gasteiger partial charge in [-0.1, -0.05) is 0 Å². The van der Waals surface area contributed by atoms with Crippen LogP contribution in [0.4, 0.5) is 16.2 Å². The van der Waals surface area contributed by atoms with E-state index >= 15 is 0 Å². The van der Waals surface area contributed by atoms with Gasteiger partial charge in [0.2, 0.25) is 10.0 Å².